The van der Waals surface area contributed by atoms with Crippen LogP contribution in [0.3, 0.4) is 0 Å². The summed E-state index contributed by atoms with van der Waals surface area (Å²) in [4.78, 5) is 8.58. The minimum Gasteiger partial charge on any atom is -0.442 e. The number of aromatic nitrogens is 4. The van der Waals surface area contributed by atoms with Crippen molar-refractivity contribution in [2.24, 2.45) is 5.92 Å². The molecule has 28 heavy (non-hydrogen) atoms. The molecule has 3 aromatic heterocycles. The second-order valence-electron chi connectivity index (χ2n) is 7.22. The summed E-state index contributed by atoms with van der Waals surface area (Å²) < 4.78 is 5.41. The molecule has 1 unspecified atom stereocenters. The molecule has 0 spiro atoms. The van der Waals surface area contributed by atoms with E-state index in [9.17, 15) is 0 Å². The van der Waals surface area contributed by atoms with Crippen LogP contribution in [-0.4, -0.2) is 20.2 Å². The molecule has 1 aliphatic carbocycles. The van der Waals surface area contributed by atoms with E-state index >= 15 is 0 Å². The van der Waals surface area contributed by atoms with Crippen LogP contribution in [0.5, 0.6) is 0 Å². The Labute approximate surface area is 161 Å². The highest BCUT2D eigenvalue weighted by Crippen LogP contribution is 2.37. The summed E-state index contributed by atoms with van der Waals surface area (Å²) in [6, 6.07) is 10.3. The molecule has 1 aliphatic rings. The first kappa shape index (κ1) is 16.5. The molecule has 4 aromatic rings. The van der Waals surface area contributed by atoms with Crippen LogP contribution in [-0.2, 0) is 6.42 Å². The number of nitriles is 1. The van der Waals surface area contributed by atoms with Crippen molar-refractivity contribution in [2.45, 2.75) is 25.8 Å². The number of H-pyrrole nitrogens is 1. The normalized spacial score (nSPS) is 18.6. The molecule has 2 atom stereocenters. The number of hydrogen-bond acceptors (Lipinski definition) is 6. The van der Waals surface area contributed by atoms with Crippen molar-refractivity contribution in [2.75, 3.05) is 5.32 Å². The average Bonchev–Trinajstić information content (AvgIpc) is 3.39. The van der Waals surface area contributed by atoms with Crippen molar-refractivity contribution in [1.29, 1.82) is 5.26 Å². The zero-order valence-corrected chi connectivity index (χ0v) is 15.3. The van der Waals surface area contributed by atoms with Gasteiger partial charge in [-0.1, -0.05) is 6.92 Å². The number of nitrogens with one attached hydrogen (secondary N) is 2. The van der Waals surface area contributed by atoms with Gasteiger partial charge in [-0.15, -0.1) is 0 Å². The Morgan fingerprint density at radius 3 is 3.04 bits per heavy atom. The number of hydrogen-bond donors (Lipinski definition) is 2. The first-order chi connectivity index (χ1) is 13.7. The van der Waals surface area contributed by atoms with E-state index < -0.39 is 0 Å². The van der Waals surface area contributed by atoms with E-state index in [4.69, 9.17) is 9.68 Å². The summed E-state index contributed by atoms with van der Waals surface area (Å²) in [6.07, 6.45) is 6.73. The smallest absolute Gasteiger partial charge is 0.181 e. The van der Waals surface area contributed by atoms with Gasteiger partial charge in [0, 0.05) is 17.3 Å². The second-order valence-corrected chi connectivity index (χ2v) is 7.22. The summed E-state index contributed by atoms with van der Waals surface area (Å²) in [6.45, 7) is 2.23. The van der Waals surface area contributed by atoms with Gasteiger partial charge in [0.2, 0.25) is 0 Å². The SMILES string of the molecule is CC1CCc2cc(C#N)cnc2[C@@H]1Nc1ccc2[nH]nc(-c3cnco3)c2c1. The Morgan fingerprint density at radius 1 is 1.29 bits per heavy atom. The third kappa shape index (κ3) is 2.70. The molecule has 3 heterocycles. The lowest BCUT2D eigenvalue weighted by atomic mass is 9.83. The highest BCUT2D eigenvalue weighted by Gasteiger charge is 2.28. The number of benzene rings is 1. The molecule has 5 rings (SSSR count). The fraction of sp³-hybridized carbons (Fsp3) is 0.238. The maximum Gasteiger partial charge on any atom is 0.181 e. The number of rotatable bonds is 3. The highest BCUT2D eigenvalue weighted by molar-refractivity contribution is 5.93. The van der Waals surface area contributed by atoms with E-state index in [0.29, 0.717) is 17.2 Å². The Bertz CT molecular complexity index is 1190. The Kier molecular flexibility index (Phi) is 3.83. The Balaban J connectivity index is 1.52. The van der Waals surface area contributed by atoms with E-state index in [-0.39, 0.29) is 6.04 Å². The van der Waals surface area contributed by atoms with E-state index in [1.807, 2.05) is 18.2 Å². The minimum absolute atomic E-state index is 0.0922. The lowest BCUT2D eigenvalue weighted by molar-refractivity contribution is 0.425. The van der Waals surface area contributed by atoms with Gasteiger partial charge in [0.1, 0.15) is 11.8 Å². The van der Waals surface area contributed by atoms with E-state index in [0.717, 1.165) is 46.4 Å². The minimum atomic E-state index is 0.0922. The number of anilines is 1. The molecule has 0 saturated heterocycles. The number of nitrogens with zero attached hydrogens (tertiary/aromatic N) is 4. The summed E-state index contributed by atoms with van der Waals surface area (Å²) >= 11 is 0. The van der Waals surface area contributed by atoms with Crippen molar-refractivity contribution < 1.29 is 4.42 Å². The van der Waals surface area contributed by atoms with Crippen LogP contribution in [0.15, 0.2) is 47.5 Å². The van der Waals surface area contributed by atoms with Crippen LogP contribution in [0, 0.1) is 17.2 Å². The maximum atomic E-state index is 9.15. The summed E-state index contributed by atoms with van der Waals surface area (Å²) in [7, 11) is 0. The zero-order valence-electron chi connectivity index (χ0n) is 15.3. The van der Waals surface area contributed by atoms with Gasteiger partial charge in [0.15, 0.2) is 12.2 Å². The zero-order chi connectivity index (χ0) is 19.1. The molecule has 138 valence electrons. The maximum absolute atomic E-state index is 9.15. The van der Waals surface area contributed by atoms with Crippen molar-refractivity contribution >= 4 is 16.6 Å². The highest BCUT2D eigenvalue weighted by atomic mass is 16.3. The van der Waals surface area contributed by atoms with Gasteiger partial charge < -0.3 is 9.73 Å². The third-order valence-electron chi connectivity index (χ3n) is 5.41. The Hall–Kier alpha value is -3.66. The number of aromatic amines is 1. The number of fused-ring (bicyclic) bond motifs is 2. The van der Waals surface area contributed by atoms with Crippen molar-refractivity contribution in [3.63, 3.8) is 0 Å². The number of aryl methyl sites for hydroxylation is 1. The fourth-order valence-corrected chi connectivity index (χ4v) is 3.90. The molecule has 2 N–H and O–H groups in total. The van der Waals surface area contributed by atoms with E-state index in [1.165, 1.54) is 6.39 Å². The topological polar surface area (TPSA) is 103 Å². The van der Waals surface area contributed by atoms with Crippen molar-refractivity contribution in [3.8, 4) is 17.5 Å². The molecule has 0 amide bonds. The quantitative estimate of drug-likeness (QED) is 0.560. The molecule has 0 radical (unpaired) electrons. The molecule has 0 fully saturated rings. The molecular formula is C21H18N6O. The lowest BCUT2D eigenvalue weighted by Gasteiger charge is -2.32. The predicted octanol–water partition coefficient (Wildman–Crippen LogP) is 4.22. The van der Waals surface area contributed by atoms with Crippen LogP contribution < -0.4 is 5.32 Å². The fourth-order valence-electron chi connectivity index (χ4n) is 3.90. The van der Waals surface area contributed by atoms with Gasteiger partial charge in [-0.25, -0.2) is 4.98 Å². The molecule has 0 saturated carbocycles. The van der Waals surface area contributed by atoms with Gasteiger partial charge in [-0.2, -0.15) is 10.4 Å². The summed E-state index contributed by atoms with van der Waals surface area (Å²) in [5.74, 6) is 1.06. The summed E-state index contributed by atoms with van der Waals surface area (Å²) in [5, 5.41) is 21.2. The van der Waals surface area contributed by atoms with Crippen LogP contribution in [0.4, 0.5) is 5.69 Å². The standard InChI is InChI=1S/C21H18N6O/c1-12-2-3-14-6-13(8-22)9-24-20(14)19(12)25-15-4-5-17-16(7-15)21(27-26-17)18-10-23-11-28-18/h4-7,9-12,19,25H,2-3H2,1H3,(H,26,27)/t12?,19-/m1/s1. The van der Waals surface area contributed by atoms with Crippen molar-refractivity contribution in [3.05, 3.63) is 59.9 Å². The van der Waals surface area contributed by atoms with Crippen LogP contribution in [0.1, 0.15) is 36.2 Å². The largest absolute Gasteiger partial charge is 0.442 e. The van der Waals surface area contributed by atoms with Gasteiger partial charge >= 0.3 is 0 Å². The lowest BCUT2D eigenvalue weighted by Crippen LogP contribution is -2.26. The number of pyridine rings is 1. The first-order valence-electron chi connectivity index (χ1n) is 9.25. The molecule has 0 bridgehead atoms. The van der Waals surface area contributed by atoms with Crippen molar-refractivity contribution in [1.82, 2.24) is 20.2 Å². The predicted molar refractivity (Wildman–Crippen MR) is 104 cm³/mol. The Morgan fingerprint density at radius 2 is 2.21 bits per heavy atom. The van der Waals surface area contributed by atoms with Crippen LogP contribution in [0.2, 0.25) is 0 Å². The first-order valence-corrected chi connectivity index (χ1v) is 9.25. The van der Waals surface area contributed by atoms with Gasteiger partial charge in [-0.3, -0.25) is 10.1 Å². The van der Waals surface area contributed by atoms with Crippen LogP contribution >= 0.6 is 0 Å². The van der Waals surface area contributed by atoms with Gasteiger partial charge in [-0.05, 0) is 48.6 Å². The average molecular weight is 370 g/mol. The van der Waals surface area contributed by atoms with Gasteiger partial charge in [0.25, 0.3) is 0 Å². The summed E-state index contributed by atoms with van der Waals surface area (Å²) in [5.41, 5.74) is 5.46. The number of oxazole rings is 1. The second kappa shape index (κ2) is 6.50. The van der Waals surface area contributed by atoms with Gasteiger partial charge in [0.05, 0.1) is 29.0 Å². The molecule has 7 heteroatoms. The van der Waals surface area contributed by atoms with E-state index in [2.05, 4.69) is 44.5 Å². The van der Waals surface area contributed by atoms with E-state index in [1.54, 1.807) is 12.4 Å². The molecule has 1 aromatic carbocycles. The molecule has 7 nitrogen and oxygen atoms in total. The monoisotopic (exact) mass is 370 g/mol. The third-order valence-corrected chi connectivity index (χ3v) is 5.41. The molecule has 0 aliphatic heterocycles. The van der Waals surface area contributed by atoms with Crippen LogP contribution in [0.25, 0.3) is 22.4 Å². The molecular weight excluding hydrogens is 352 g/mol.